The van der Waals surface area contributed by atoms with Gasteiger partial charge in [-0.1, -0.05) is 6.07 Å². The Morgan fingerprint density at radius 3 is 2.88 bits per heavy atom. The average Bonchev–Trinajstić information content (AvgIpc) is 2.63. The Kier molecular flexibility index (Phi) is 5.26. The molecule has 1 unspecified atom stereocenters. The molecule has 1 amide bonds. The summed E-state index contributed by atoms with van der Waals surface area (Å²) in [5, 5.41) is 0. The number of nitrogens with zero attached hydrogens (tertiary/aromatic N) is 4. The predicted molar refractivity (Wildman–Crippen MR) is 98.1 cm³/mol. The summed E-state index contributed by atoms with van der Waals surface area (Å²) >= 11 is 0. The number of aryl methyl sites for hydroxylation is 1. The zero-order valence-corrected chi connectivity index (χ0v) is 14.9. The summed E-state index contributed by atoms with van der Waals surface area (Å²) in [7, 11) is 0. The molecule has 132 valence electrons. The minimum absolute atomic E-state index is 0.219. The second-order valence-electron chi connectivity index (χ2n) is 6.76. The number of nitrogens with two attached hydrogens (primary N) is 1. The molecule has 0 aliphatic carbocycles. The van der Waals surface area contributed by atoms with Crippen molar-refractivity contribution in [1.82, 2.24) is 15.0 Å². The van der Waals surface area contributed by atoms with E-state index in [0.717, 1.165) is 55.1 Å². The average molecular weight is 339 g/mol. The van der Waals surface area contributed by atoms with E-state index in [1.807, 2.05) is 25.1 Å². The minimum Gasteiger partial charge on any atom is -0.370 e. The highest BCUT2D eigenvalue weighted by Crippen LogP contribution is 2.29. The fraction of sp³-hybridized carbons (Fsp3) is 0.474. The fourth-order valence-corrected chi connectivity index (χ4v) is 3.37. The van der Waals surface area contributed by atoms with Gasteiger partial charge in [0.25, 0.3) is 0 Å². The topological polar surface area (TPSA) is 85.0 Å². The van der Waals surface area contributed by atoms with Crippen LogP contribution >= 0.6 is 0 Å². The summed E-state index contributed by atoms with van der Waals surface area (Å²) in [4.78, 5) is 27.2. The van der Waals surface area contributed by atoms with Gasteiger partial charge in [-0.05, 0) is 51.2 Å². The summed E-state index contributed by atoms with van der Waals surface area (Å²) in [6.07, 6.45) is 5.31. The molecule has 25 heavy (non-hydrogen) atoms. The number of carbonyl (C=O) groups is 1. The maximum Gasteiger partial charge on any atom is 0.217 e. The van der Waals surface area contributed by atoms with Crippen molar-refractivity contribution in [2.24, 2.45) is 11.7 Å². The van der Waals surface area contributed by atoms with E-state index in [-0.39, 0.29) is 5.91 Å². The molecule has 6 nitrogen and oxygen atoms in total. The molecule has 3 rings (SSSR count). The summed E-state index contributed by atoms with van der Waals surface area (Å²) in [5.74, 6) is 1.91. The van der Waals surface area contributed by atoms with Crippen molar-refractivity contribution in [3.05, 3.63) is 35.7 Å². The molecule has 2 aromatic rings. The van der Waals surface area contributed by atoms with Crippen LogP contribution in [0.1, 0.15) is 36.9 Å². The molecule has 3 heterocycles. The van der Waals surface area contributed by atoms with E-state index in [0.29, 0.717) is 18.2 Å². The molecule has 2 N–H and O–H groups in total. The molecule has 0 radical (unpaired) electrons. The number of rotatable bonds is 5. The van der Waals surface area contributed by atoms with Crippen molar-refractivity contribution in [2.45, 2.75) is 39.5 Å². The van der Waals surface area contributed by atoms with E-state index in [2.05, 4.69) is 21.8 Å². The first-order chi connectivity index (χ1) is 12.0. The number of aromatic nitrogens is 3. The minimum atomic E-state index is -0.219. The van der Waals surface area contributed by atoms with Gasteiger partial charge in [-0.3, -0.25) is 9.78 Å². The van der Waals surface area contributed by atoms with Crippen molar-refractivity contribution in [3.8, 4) is 11.5 Å². The number of primary amides is 1. The van der Waals surface area contributed by atoms with Crippen LogP contribution in [0.2, 0.25) is 0 Å². The Morgan fingerprint density at radius 2 is 2.16 bits per heavy atom. The van der Waals surface area contributed by atoms with E-state index in [1.165, 1.54) is 0 Å². The molecule has 0 bridgehead atoms. The number of hydrogen-bond acceptors (Lipinski definition) is 5. The molecule has 1 aliphatic heterocycles. The van der Waals surface area contributed by atoms with Crippen LogP contribution in [-0.2, 0) is 4.79 Å². The molecule has 1 saturated heterocycles. The molecule has 0 saturated carbocycles. The summed E-state index contributed by atoms with van der Waals surface area (Å²) in [6, 6.07) is 5.76. The SMILES string of the molecule is Cc1nc(-c2ccccn2)nc(N2CCCC(CCC(N)=O)C2)c1C. The van der Waals surface area contributed by atoms with Crippen LogP contribution in [0.4, 0.5) is 5.82 Å². The molecule has 0 spiro atoms. The first-order valence-electron chi connectivity index (χ1n) is 8.84. The van der Waals surface area contributed by atoms with Crippen LogP contribution in [0.3, 0.4) is 0 Å². The van der Waals surface area contributed by atoms with E-state index < -0.39 is 0 Å². The lowest BCUT2D eigenvalue weighted by Crippen LogP contribution is -2.37. The van der Waals surface area contributed by atoms with Crippen LogP contribution in [0, 0.1) is 19.8 Å². The quantitative estimate of drug-likeness (QED) is 0.905. The normalized spacial score (nSPS) is 17.5. The van der Waals surface area contributed by atoms with Gasteiger partial charge < -0.3 is 10.6 Å². The van der Waals surface area contributed by atoms with Crippen LogP contribution < -0.4 is 10.6 Å². The van der Waals surface area contributed by atoms with Gasteiger partial charge in [0, 0.05) is 37.0 Å². The first-order valence-corrected chi connectivity index (χ1v) is 8.84. The van der Waals surface area contributed by atoms with Gasteiger partial charge in [-0.2, -0.15) is 0 Å². The Morgan fingerprint density at radius 1 is 1.32 bits per heavy atom. The third-order valence-corrected chi connectivity index (χ3v) is 4.88. The van der Waals surface area contributed by atoms with Gasteiger partial charge in [-0.25, -0.2) is 9.97 Å². The Labute approximate surface area is 148 Å². The van der Waals surface area contributed by atoms with E-state index >= 15 is 0 Å². The van der Waals surface area contributed by atoms with Gasteiger partial charge >= 0.3 is 0 Å². The fourth-order valence-electron chi connectivity index (χ4n) is 3.37. The third kappa shape index (κ3) is 4.13. The standard InChI is InChI=1S/C19H25N5O/c1-13-14(2)22-18(16-7-3-4-10-21-16)23-19(13)24-11-5-6-15(12-24)8-9-17(20)25/h3-4,7,10,15H,5-6,8-9,11-12H2,1-2H3,(H2,20,25). The maximum atomic E-state index is 11.1. The second-order valence-corrected chi connectivity index (χ2v) is 6.76. The van der Waals surface area contributed by atoms with E-state index in [9.17, 15) is 4.79 Å². The lowest BCUT2D eigenvalue weighted by Gasteiger charge is -2.34. The monoisotopic (exact) mass is 339 g/mol. The zero-order chi connectivity index (χ0) is 17.8. The van der Waals surface area contributed by atoms with Crippen molar-refractivity contribution in [1.29, 1.82) is 0 Å². The third-order valence-electron chi connectivity index (χ3n) is 4.88. The summed E-state index contributed by atoms with van der Waals surface area (Å²) in [5.41, 5.74) is 8.17. The van der Waals surface area contributed by atoms with Crippen molar-refractivity contribution < 1.29 is 4.79 Å². The Bertz CT molecular complexity index is 747. The number of anilines is 1. The van der Waals surface area contributed by atoms with Crippen molar-refractivity contribution >= 4 is 11.7 Å². The van der Waals surface area contributed by atoms with Crippen molar-refractivity contribution in [2.75, 3.05) is 18.0 Å². The molecular formula is C19H25N5O. The van der Waals surface area contributed by atoms with Gasteiger partial charge in [-0.15, -0.1) is 0 Å². The highest BCUT2D eigenvalue weighted by Gasteiger charge is 2.24. The van der Waals surface area contributed by atoms with Crippen LogP contribution in [0.5, 0.6) is 0 Å². The van der Waals surface area contributed by atoms with Crippen molar-refractivity contribution in [3.63, 3.8) is 0 Å². The Hall–Kier alpha value is -2.50. The number of amides is 1. The van der Waals surface area contributed by atoms with Gasteiger partial charge in [0.2, 0.25) is 5.91 Å². The number of piperidine rings is 1. The molecular weight excluding hydrogens is 314 g/mol. The van der Waals surface area contributed by atoms with Crippen LogP contribution in [-0.4, -0.2) is 33.9 Å². The number of carbonyl (C=O) groups excluding carboxylic acids is 1. The molecule has 2 aromatic heterocycles. The van der Waals surface area contributed by atoms with Crippen LogP contribution in [0.25, 0.3) is 11.5 Å². The smallest absolute Gasteiger partial charge is 0.217 e. The summed E-state index contributed by atoms with van der Waals surface area (Å²) < 4.78 is 0. The maximum absolute atomic E-state index is 11.1. The highest BCUT2D eigenvalue weighted by molar-refractivity contribution is 5.73. The predicted octanol–water partition coefficient (Wildman–Crippen LogP) is 2.64. The lowest BCUT2D eigenvalue weighted by molar-refractivity contribution is -0.118. The molecule has 6 heteroatoms. The molecule has 1 atom stereocenters. The number of pyridine rings is 1. The highest BCUT2D eigenvalue weighted by atomic mass is 16.1. The molecule has 0 aromatic carbocycles. The van der Waals surface area contributed by atoms with Gasteiger partial charge in [0.05, 0.1) is 0 Å². The van der Waals surface area contributed by atoms with Gasteiger partial charge in [0.15, 0.2) is 5.82 Å². The molecule has 1 aliphatic rings. The van der Waals surface area contributed by atoms with Crippen LogP contribution in [0.15, 0.2) is 24.4 Å². The molecule has 1 fully saturated rings. The summed E-state index contributed by atoms with van der Waals surface area (Å²) in [6.45, 7) is 5.97. The van der Waals surface area contributed by atoms with E-state index in [4.69, 9.17) is 10.7 Å². The van der Waals surface area contributed by atoms with Gasteiger partial charge in [0.1, 0.15) is 11.5 Å². The number of hydrogen-bond donors (Lipinski definition) is 1. The first kappa shape index (κ1) is 17.3. The Balaban J connectivity index is 1.85. The zero-order valence-electron chi connectivity index (χ0n) is 14.9. The largest absolute Gasteiger partial charge is 0.370 e. The second kappa shape index (κ2) is 7.59. The lowest BCUT2D eigenvalue weighted by atomic mass is 9.93. The van der Waals surface area contributed by atoms with E-state index in [1.54, 1.807) is 6.20 Å².